The van der Waals surface area contributed by atoms with Crippen LogP contribution in [0.5, 0.6) is 0 Å². The van der Waals surface area contributed by atoms with Crippen LogP contribution in [0.15, 0.2) is 0 Å². The largest absolute Gasteiger partial charge is 0.480 e. The van der Waals surface area contributed by atoms with Gasteiger partial charge in [0.15, 0.2) is 0 Å². The molecule has 64 heavy (non-hydrogen) atoms. The highest BCUT2D eigenvalue weighted by Crippen LogP contribution is 2.12. The highest BCUT2D eigenvalue weighted by molar-refractivity contribution is 8.37. The summed E-state index contributed by atoms with van der Waals surface area (Å²) in [6, 6.07) is -2.39. The molecule has 0 aliphatic carbocycles. The zero-order chi connectivity index (χ0) is 51.2. The lowest BCUT2D eigenvalue weighted by Gasteiger charge is -2.25. The number of ether oxygens (including phenoxy) is 2. The van der Waals surface area contributed by atoms with E-state index in [-0.39, 0.29) is 49.1 Å². The summed E-state index contributed by atoms with van der Waals surface area (Å²) >= 11 is 15.6. The van der Waals surface area contributed by atoms with Crippen molar-refractivity contribution in [3.05, 3.63) is 20.2 Å². The van der Waals surface area contributed by atoms with Crippen LogP contribution in [0.2, 0.25) is 0 Å². The van der Waals surface area contributed by atoms with Gasteiger partial charge < -0.3 is 57.3 Å². The summed E-state index contributed by atoms with van der Waals surface area (Å²) in [4.78, 5) is 66.2. The topological polar surface area (TPSA) is 344 Å². The van der Waals surface area contributed by atoms with Crippen molar-refractivity contribution in [1.29, 1.82) is 10.8 Å². The van der Waals surface area contributed by atoms with E-state index in [9.17, 15) is 44.5 Å². The minimum atomic E-state index is -1.04. The third kappa shape index (κ3) is 52.9. The number of nitrogens with one attached hydrogen (secondary N) is 5. The third-order valence-electron chi connectivity index (χ3n) is 7.44. The molecule has 0 saturated carbocycles. The van der Waals surface area contributed by atoms with E-state index in [1.807, 2.05) is 27.7 Å². The van der Waals surface area contributed by atoms with E-state index in [0.717, 1.165) is 21.7 Å². The standard InChI is InChI=1S/C19H36N4O6.C11H21NO4.C8H17N3O3.S3.S2/c1-13(2)10-16(22-18(26)29-19(3,4)5)17(25)21-15(12-24)9-7-6-8-14(20)11-23(27)28;1-7(2)6-8(9(13)14)12-10(15)16-11(3,4)5;9-7(5-11(13)14)3-1-2-4-8(10)6-12;1-3-2;1-2/h13,15-16,20,24H,6-12H2,1-5H3,(H,21,25)(H,22,26);7-8H,6H2,1-5H3,(H,12,15)(H,13,14);8-9,12H,1-6,10H2;;/t15-,16-;2*8-;;/m000../s1. The number of carboxylic acid groups (broad SMARTS) is 1. The maximum Gasteiger partial charge on any atom is 0.408 e. The first-order valence-electron chi connectivity index (χ1n) is 20.4. The van der Waals surface area contributed by atoms with Crippen molar-refractivity contribution in [2.75, 3.05) is 26.3 Å². The van der Waals surface area contributed by atoms with Crippen molar-refractivity contribution in [2.24, 2.45) is 17.6 Å². The molecule has 4 atom stereocenters. The number of nitrogens with two attached hydrogens (primary N) is 1. The number of carboxylic acids is 1. The van der Waals surface area contributed by atoms with Gasteiger partial charge in [-0.15, -0.1) is 0 Å². The van der Waals surface area contributed by atoms with E-state index in [2.05, 4.69) is 60.7 Å². The summed E-state index contributed by atoms with van der Waals surface area (Å²) in [6.07, 6.45) is 4.02. The smallest absolute Gasteiger partial charge is 0.408 e. The number of rotatable bonds is 25. The number of carbonyl (C=O) groups excluding carboxylic acids is 3. The van der Waals surface area contributed by atoms with Crippen LogP contribution < -0.4 is 21.7 Å². The number of aliphatic hydroxyl groups is 2. The molecule has 0 radical (unpaired) electrons. The fourth-order valence-electron chi connectivity index (χ4n) is 4.84. The highest BCUT2D eigenvalue weighted by Gasteiger charge is 2.27. The van der Waals surface area contributed by atoms with E-state index in [0.29, 0.717) is 51.4 Å². The van der Waals surface area contributed by atoms with Gasteiger partial charge in [0.05, 0.1) is 30.7 Å². The van der Waals surface area contributed by atoms with Gasteiger partial charge in [-0.3, -0.25) is 25.0 Å². The number of nitro groups is 2. The van der Waals surface area contributed by atoms with Crippen molar-refractivity contribution < 1.29 is 53.8 Å². The molecule has 0 aliphatic heterocycles. The number of aliphatic hydroxyl groups excluding tert-OH is 2. The molecule has 0 aromatic carbocycles. The Kier molecular flexibility index (Phi) is 44.7. The van der Waals surface area contributed by atoms with Gasteiger partial charge in [-0.2, -0.15) is 0 Å². The van der Waals surface area contributed by atoms with Crippen LogP contribution >= 0.6 is 0 Å². The Morgan fingerprint density at radius 3 is 1.38 bits per heavy atom. The van der Waals surface area contributed by atoms with Gasteiger partial charge in [-0.25, -0.2) is 14.4 Å². The lowest BCUT2D eigenvalue weighted by atomic mass is 10.0. The summed E-state index contributed by atoms with van der Waals surface area (Å²) in [5.74, 6) is -1.10. The molecule has 0 rings (SSSR count). The van der Waals surface area contributed by atoms with Gasteiger partial charge in [0.2, 0.25) is 19.0 Å². The predicted octanol–water partition coefficient (Wildman–Crippen LogP) is 4.42. The Morgan fingerprint density at radius 2 is 1.06 bits per heavy atom. The number of aliphatic carboxylic acids is 1. The maximum absolute atomic E-state index is 12.6. The van der Waals surface area contributed by atoms with Gasteiger partial charge in [0.1, 0.15) is 23.3 Å². The average Bonchev–Trinajstić information content (AvgIpc) is 3.13. The van der Waals surface area contributed by atoms with Crippen LogP contribution in [-0.2, 0) is 72.7 Å². The molecule has 0 heterocycles. The number of alkyl carbamates (subject to hydrolysis) is 2. The minimum Gasteiger partial charge on any atom is -0.480 e. The summed E-state index contributed by atoms with van der Waals surface area (Å²) < 4.78 is 10.2. The number of nitrogens with zero attached hydrogens (tertiary/aromatic N) is 2. The van der Waals surface area contributed by atoms with E-state index in [1.165, 1.54) is 0 Å². The second kappa shape index (κ2) is 41.1. The number of unbranched alkanes of at least 4 members (excludes halogenated alkanes) is 2. The fraction of sp³-hybridized carbons (Fsp3) is 0.842. The van der Waals surface area contributed by atoms with Crippen LogP contribution in [0.1, 0.15) is 133 Å². The second-order valence-electron chi connectivity index (χ2n) is 17.1. The molecule has 3 amide bonds. The van der Waals surface area contributed by atoms with Crippen molar-refractivity contribution >= 4 is 89.1 Å². The first-order chi connectivity index (χ1) is 29.4. The molecule has 0 spiro atoms. The van der Waals surface area contributed by atoms with Crippen LogP contribution in [0.3, 0.4) is 0 Å². The molecule has 0 fully saturated rings. The molecule has 26 heteroatoms. The molecule has 21 nitrogen and oxygen atoms in total. The van der Waals surface area contributed by atoms with E-state index in [4.69, 9.17) is 36.2 Å². The zero-order valence-corrected chi connectivity index (χ0v) is 42.9. The molecular formula is C38H74N8O13S5. The predicted molar refractivity (Wildman–Crippen MR) is 260 cm³/mol. The van der Waals surface area contributed by atoms with Crippen molar-refractivity contribution in [1.82, 2.24) is 16.0 Å². The number of hydrogen-bond acceptors (Lipinski definition) is 19. The van der Waals surface area contributed by atoms with Crippen LogP contribution in [0, 0.1) is 42.9 Å². The molecule has 374 valence electrons. The van der Waals surface area contributed by atoms with Crippen LogP contribution in [0.4, 0.5) is 9.59 Å². The fourth-order valence-corrected chi connectivity index (χ4v) is 4.84. The van der Waals surface area contributed by atoms with Crippen molar-refractivity contribution in [2.45, 2.75) is 169 Å². The van der Waals surface area contributed by atoms with Gasteiger partial charge in [0.25, 0.3) is 0 Å². The van der Waals surface area contributed by atoms with Gasteiger partial charge in [0, 0.05) is 69.5 Å². The summed E-state index contributed by atoms with van der Waals surface area (Å²) in [5.41, 5.74) is 4.36. The number of amides is 3. The zero-order valence-electron chi connectivity index (χ0n) is 38.8. The molecular weight excluding hydrogens is 937 g/mol. The number of carbonyl (C=O) groups is 4. The second-order valence-corrected chi connectivity index (χ2v) is 18.8. The Hall–Kier alpha value is -3.40. The van der Waals surface area contributed by atoms with Gasteiger partial charge >= 0.3 is 18.2 Å². The summed E-state index contributed by atoms with van der Waals surface area (Å²) in [7, 11) is 0.917. The Morgan fingerprint density at radius 1 is 0.703 bits per heavy atom. The average molecular weight is 1010 g/mol. The molecule has 0 aliphatic rings. The molecule has 0 aromatic rings. The normalized spacial score (nSPS) is 12.4. The first-order valence-corrected chi connectivity index (χ1v) is 24.4. The molecule has 0 saturated heterocycles. The Bertz CT molecular complexity index is 1430. The van der Waals surface area contributed by atoms with Crippen molar-refractivity contribution in [3.8, 4) is 0 Å². The Balaban J connectivity index is -0.000000280. The lowest BCUT2D eigenvalue weighted by molar-refractivity contribution is -0.463. The maximum atomic E-state index is 12.6. The lowest BCUT2D eigenvalue weighted by Crippen LogP contribution is -2.51. The van der Waals surface area contributed by atoms with E-state index in [1.54, 1.807) is 41.5 Å². The van der Waals surface area contributed by atoms with Crippen molar-refractivity contribution in [3.63, 3.8) is 0 Å². The first kappa shape index (κ1) is 69.6. The SMILES string of the molecule is CC(C)C[C@H](NC(=O)OC(C)(C)C)C(=O)N[C@H](CO)CCCCC(=N)C[N+](=O)[O-].CC(C)C[C@H](NC(=O)OC(C)(C)C)C(=O)O.N=C(CCCC[C@H](N)CO)C[N+](=O)[O-].S=S.S=S=S. The monoisotopic (exact) mass is 1010 g/mol. The Labute approximate surface area is 400 Å². The summed E-state index contributed by atoms with van der Waals surface area (Å²) in [5, 5.41) is 69.8. The molecule has 0 unspecified atom stereocenters. The molecule has 10 N–H and O–H groups in total. The third-order valence-corrected chi connectivity index (χ3v) is 7.44. The minimum absolute atomic E-state index is 0.0354. The number of hydrogen-bond donors (Lipinski definition) is 9. The van der Waals surface area contributed by atoms with Gasteiger partial charge in [-0.1, -0.05) is 40.5 Å². The van der Waals surface area contributed by atoms with Crippen LogP contribution in [-0.4, -0.2) is 122 Å². The quantitative estimate of drug-likeness (QED) is 0.0264. The van der Waals surface area contributed by atoms with Gasteiger partial charge in [-0.05, 0) is 105 Å². The molecule has 0 bridgehead atoms. The summed E-state index contributed by atoms with van der Waals surface area (Å²) in [6.45, 7) is 16.9. The van der Waals surface area contributed by atoms with Crippen LogP contribution in [0.25, 0.3) is 0 Å². The molecule has 0 aromatic heterocycles. The highest BCUT2D eigenvalue weighted by atomic mass is 33.1. The van der Waals surface area contributed by atoms with E-state index < -0.39 is 69.8 Å². The van der Waals surface area contributed by atoms with E-state index >= 15 is 0 Å².